The molecular weight excluding hydrogens is 324 g/mol. The van der Waals surface area contributed by atoms with Crippen LogP contribution in [0.1, 0.15) is 28.8 Å². The van der Waals surface area contributed by atoms with Crippen LogP contribution in [0.2, 0.25) is 5.02 Å². The molecule has 4 nitrogen and oxygen atoms in total. The second-order valence-corrected chi connectivity index (χ2v) is 6.54. The Morgan fingerprint density at radius 2 is 2.04 bits per heavy atom. The summed E-state index contributed by atoms with van der Waals surface area (Å²) in [6.45, 7) is 0.875. The van der Waals surface area contributed by atoms with Crippen LogP contribution in [-0.2, 0) is 6.61 Å². The number of ether oxygens (including phenoxy) is 1. The maximum absolute atomic E-state index is 12.4. The molecule has 3 N–H and O–H groups in total. The van der Waals surface area contributed by atoms with Crippen molar-refractivity contribution in [3.8, 4) is 5.75 Å². The highest BCUT2D eigenvalue weighted by Gasteiger charge is 2.31. The lowest BCUT2D eigenvalue weighted by atomic mass is 10.1. The van der Waals surface area contributed by atoms with Gasteiger partial charge in [-0.25, -0.2) is 0 Å². The summed E-state index contributed by atoms with van der Waals surface area (Å²) in [5.41, 5.74) is 7.31. The number of nitrogens with two attached hydrogens (primary N) is 1. The summed E-state index contributed by atoms with van der Waals surface area (Å²) in [7, 11) is 0. The quantitative estimate of drug-likeness (QED) is 0.809. The number of halogens is 1. The van der Waals surface area contributed by atoms with Crippen molar-refractivity contribution in [3.05, 3.63) is 64.7 Å². The Kier molecular flexibility index (Phi) is 5.38. The largest absolute Gasteiger partial charge is 0.489 e. The van der Waals surface area contributed by atoms with E-state index in [-0.39, 0.29) is 11.9 Å². The Hall–Kier alpha value is -2.04. The highest BCUT2D eigenvalue weighted by atomic mass is 35.5. The van der Waals surface area contributed by atoms with Crippen LogP contribution >= 0.6 is 11.6 Å². The fourth-order valence-electron chi connectivity index (χ4n) is 2.64. The van der Waals surface area contributed by atoms with Gasteiger partial charge in [-0.2, -0.15) is 0 Å². The molecule has 0 spiro atoms. The first-order valence-corrected chi connectivity index (χ1v) is 8.52. The minimum Gasteiger partial charge on any atom is -0.489 e. The zero-order valence-electron chi connectivity index (χ0n) is 13.4. The van der Waals surface area contributed by atoms with Crippen LogP contribution in [0.25, 0.3) is 0 Å². The molecule has 0 aliphatic heterocycles. The van der Waals surface area contributed by atoms with Crippen LogP contribution in [-0.4, -0.2) is 18.5 Å². The molecule has 0 bridgehead atoms. The number of benzene rings is 2. The third-order valence-corrected chi connectivity index (χ3v) is 4.39. The predicted molar refractivity (Wildman–Crippen MR) is 95.3 cm³/mol. The third-order valence-electron chi connectivity index (χ3n) is 4.15. The van der Waals surface area contributed by atoms with Gasteiger partial charge in [0.2, 0.25) is 0 Å². The summed E-state index contributed by atoms with van der Waals surface area (Å²) in [4.78, 5) is 12.4. The van der Waals surface area contributed by atoms with Crippen molar-refractivity contribution >= 4 is 17.5 Å². The minimum absolute atomic E-state index is 0.0635. The average Bonchev–Trinajstić information content (AvgIpc) is 3.43. The first-order chi connectivity index (χ1) is 11.7. The van der Waals surface area contributed by atoms with Crippen LogP contribution < -0.4 is 15.8 Å². The van der Waals surface area contributed by atoms with Crippen molar-refractivity contribution in [2.24, 2.45) is 11.7 Å². The zero-order chi connectivity index (χ0) is 16.9. The zero-order valence-corrected chi connectivity index (χ0v) is 14.1. The lowest BCUT2D eigenvalue weighted by Crippen LogP contribution is -2.41. The highest BCUT2D eigenvalue weighted by Crippen LogP contribution is 2.32. The summed E-state index contributed by atoms with van der Waals surface area (Å²) in [5, 5.41) is 3.69. The molecule has 24 heavy (non-hydrogen) atoms. The lowest BCUT2D eigenvalue weighted by molar-refractivity contribution is 0.0933. The van der Waals surface area contributed by atoms with E-state index in [1.165, 1.54) is 0 Å². The summed E-state index contributed by atoms with van der Waals surface area (Å²) < 4.78 is 5.77. The molecule has 2 aromatic rings. The van der Waals surface area contributed by atoms with Gasteiger partial charge < -0.3 is 15.8 Å². The molecule has 0 radical (unpaired) electrons. The van der Waals surface area contributed by atoms with Gasteiger partial charge in [-0.15, -0.1) is 0 Å². The summed E-state index contributed by atoms with van der Waals surface area (Å²) in [5.74, 6) is 1.07. The van der Waals surface area contributed by atoms with Crippen molar-refractivity contribution in [2.45, 2.75) is 25.5 Å². The highest BCUT2D eigenvalue weighted by molar-refractivity contribution is 6.30. The van der Waals surface area contributed by atoms with E-state index in [0.29, 0.717) is 35.4 Å². The minimum atomic E-state index is -0.106. The molecule has 0 saturated heterocycles. The van der Waals surface area contributed by atoms with E-state index in [1.807, 2.05) is 36.4 Å². The van der Waals surface area contributed by atoms with E-state index in [4.69, 9.17) is 22.1 Å². The first-order valence-electron chi connectivity index (χ1n) is 8.14. The molecule has 1 amide bonds. The first kappa shape index (κ1) is 16.8. The second kappa shape index (κ2) is 7.69. The van der Waals surface area contributed by atoms with E-state index < -0.39 is 0 Å². The smallest absolute Gasteiger partial charge is 0.251 e. The number of amides is 1. The molecular formula is C19H21ClN2O2. The Morgan fingerprint density at radius 1 is 1.25 bits per heavy atom. The van der Waals surface area contributed by atoms with Crippen molar-refractivity contribution in [1.82, 2.24) is 5.32 Å². The van der Waals surface area contributed by atoms with E-state index in [0.717, 1.165) is 18.4 Å². The molecule has 1 unspecified atom stereocenters. The van der Waals surface area contributed by atoms with Crippen LogP contribution in [0.15, 0.2) is 48.5 Å². The van der Waals surface area contributed by atoms with Crippen molar-refractivity contribution in [1.29, 1.82) is 0 Å². The summed E-state index contributed by atoms with van der Waals surface area (Å²) in [6.07, 6.45) is 2.29. The number of carbonyl (C=O) groups excluding carboxylic acids is 1. The van der Waals surface area contributed by atoms with Crippen LogP contribution in [0.5, 0.6) is 5.75 Å². The molecule has 0 heterocycles. The van der Waals surface area contributed by atoms with Gasteiger partial charge in [0.15, 0.2) is 0 Å². The standard InChI is InChI=1S/C19H21ClN2O2/c20-16-5-1-3-13(9-16)12-24-17-6-2-4-15(10-17)19(23)22-18(11-21)14-7-8-14/h1-6,9-10,14,18H,7-8,11-12,21H2,(H,22,23). The Bertz CT molecular complexity index is 716. The van der Waals surface area contributed by atoms with Gasteiger partial charge in [0.1, 0.15) is 12.4 Å². The van der Waals surface area contributed by atoms with Gasteiger partial charge in [0.05, 0.1) is 0 Å². The summed E-state index contributed by atoms with van der Waals surface area (Å²) in [6, 6.07) is 14.8. The molecule has 126 valence electrons. The number of hydrogen-bond acceptors (Lipinski definition) is 3. The Morgan fingerprint density at radius 3 is 2.75 bits per heavy atom. The van der Waals surface area contributed by atoms with Gasteiger partial charge >= 0.3 is 0 Å². The predicted octanol–water partition coefficient (Wildman–Crippen LogP) is 3.39. The van der Waals surface area contributed by atoms with Crippen LogP contribution in [0.4, 0.5) is 0 Å². The van der Waals surface area contributed by atoms with E-state index in [1.54, 1.807) is 12.1 Å². The third kappa shape index (κ3) is 4.49. The molecule has 0 aromatic heterocycles. The molecule has 5 heteroatoms. The monoisotopic (exact) mass is 344 g/mol. The Labute approximate surface area is 147 Å². The molecule has 1 aliphatic carbocycles. The summed E-state index contributed by atoms with van der Waals surface area (Å²) >= 11 is 5.97. The number of nitrogens with one attached hydrogen (secondary N) is 1. The van der Waals surface area contributed by atoms with Crippen LogP contribution in [0, 0.1) is 5.92 Å². The van der Waals surface area contributed by atoms with Gasteiger partial charge in [0.25, 0.3) is 5.91 Å². The molecule has 1 aliphatic rings. The number of hydrogen-bond donors (Lipinski definition) is 2. The average molecular weight is 345 g/mol. The van der Waals surface area contributed by atoms with Crippen LogP contribution in [0.3, 0.4) is 0 Å². The van der Waals surface area contributed by atoms with Crippen molar-refractivity contribution in [2.75, 3.05) is 6.54 Å². The lowest BCUT2D eigenvalue weighted by Gasteiger charge is -2.16. The molecule has 2 aromatic carbocycles. The van der Waals surface area contributed by atoms with Crippen molar-refractivity contribution < 1.29 is 9.53 Å². The fraction of sp³-hybridized carbons (Fsp3) is 0.316. The number of carbonyl (C=O) groups is 1. The SMILES string of the molecule is NCC(NC(=O)c1cccc(OCc2cccc(Cl)c2)c1)C1CC1. The van der Waals surface area contributed by atoms with Gasteiger partial charge in [0, 0.05) is 23.2 Å². The maximum Gasteiger partial charge on any atom is 0.251 e. The topological polar surface area (TPSA) is 64.3 Å². The number of rotatable bonds is 7. The van der Waals surface area contributed by atoms with Crippen molar-refractivity contribution in [3.63, 3.8) is 0 Å². The van der Waals surface area contributed by atoms with Gasteiger partial charge in [-0.3, -0.25) is 4.79 Å². The van der Waals surface area contributed by atoms with E-state index in [2.05, 4.69) is 5.32 Å². The molecule has 3 rings (SSSR count). The van der Waals surface area contributed by atoms with E-state index in [9.17, 15) is 4.79 Å². The Balaban J connectivity index is 1.61. The molecule has 1 atom stereocenters. The second-order valence-electron chi connectivity index (χ2n) is 6.10. The van der Waals surface area contributed by atoms with Gasteiger partial charge in [-0.1, -0.05) is 29.8 Å². The fourth-order valence-corrected chi connectivity index (χ4v) is 2.85. The maximum atomic E-state index is 12.4. The van der Waals surface area contributed by atoms with Gasteiger partial charge in [-0.05, 0) is 54.7 Å². The normalized spacial score (nSPS) is 14.9. The van der Waals surface area contributed by atoms with E-state index >= 15 is 0 Å². The molecule has 1 saturated carbocycles. The molecule has 1 fully saturated rings.